The molecule has 0 bridgehead atoms. The molecule has 0 aliphatic carbocycles. The lowest BCUT2D eigenvalue weighted by atomic mass is 10.3. The average molecular weight is 272 g/mol. The Kier molecular flexibility index (Phi) is 2.04. The minimum absolute atomic E-state index is 0.935. The fourth-order valence-corrected chi connectivity index (χ4v) is 1.83. The van der Waals surface area contributed by atoms with Crippen LogP contribution < -0.4 is 0 Å². The number of benzene rings is 1. The fourth-order valence-electron chi connectivity index (χ4n) is 1.31. The summed E-state index contributed by atoms with van der Waals surface area (Å²) in [5, 5.41) is 5.49. The van der Waals surface area contributed by atoms with Crippen LogP contribution in [-0.4, -0.2) is 9.78 Å². The normalized spacial score (nSPS) is 10.8. The van der Waals surface area contributed by atoms with E-state index in [0.29, 0.717) is 0 Å². The van der Waals surface area contributed by atoms with Crippen molar-refractivity contribution in [1.82, 2.24) is 9.78 Å². The zero-order valence-electron chi connectivity index (χ0n) is 6.79. The molecule has 0 atom stereocenters. The highest BCUT2D eigenvalue weighted by Crippen LogP contribution is 2.16. The van der Waals surface area contributed by atoms with Gasteiger partial charge in [-0.15, -0.1) is 0 Å². The molecule has 0 aliphatic rings. The van der Waals surface area contributed by atoms with Gasteiger partial charge in [-0.05, 0) is 47.7 Å². The van der Waals surface area contributed by atoms with Gasteiger partial charge in [0, 0.05) is 15.5 Å². The summed E-state index contributed by atoms with van der Waals surface area (Å²) in [6.45, 7) is 3.04. The third kappa shape index (κ3) is 1.22. The van der Waals surface area contributed by atoms with Crippen molar-refractivity contribution in [2.24, 2.45) is 0 Å². The van der Waals surface area contributed by atoms with Crippen LogP contribution in [0.1, 0.15) is 6.92 Å². The van der Waals surface area contributed by atoms with Gasteiger partial charge in [-0.3, -0.25) is 4.68 Å². The van der Waals surface area contributed by atoms with E-state index in [1.54, 1.807) is 0 Å². The van der Waals surface area contributed by atoms with E-state index in [0.717, 1.165) is 6.54 Å². The van der Waals surface area contributed by atoms with Crippen LogP contribution >= 0.6 is 22.6 Å². The monoisotopic (exact) mass is 272 g/mol. The quantitative estimate of drug-likeness (QED) is 0.730. The Morgan fingerprint density at radius 1 is 1.50 bits per heavy atom. The van der Waals surface area contributed by atoms with Crippen LogP contribution in [0.25, 0.3) is 10.9 Å². The molecular formula is C9H9IN2. The van der Waals surface area contributed by atoms with Crippen LogP contribution in [0.4, 0.5) is 0 Å². The molecule has 0 unspecified atom stereocenters. The van der Waals surface area contributed by atoms with E-state index in [2.05, 4.69) is 52.8 Å². The lowest BCUT2D eigenvalue weighted by Gasteiger charge is -1.97. The molecule has 0 aliphatic heterocycles. The number of rotatable bonds is 1. The Bertz CT molecular complexity index is 406. The van der Waals surface area contributed by atoms with Gasteiger partial charge in [-0.2, -0.15) is 5.10 Å². The lowest BCUT2D eigenvalue weighted by Crippen LogP contribution is -1.94. The van der Waals surface area contributed by atoms with Crippen molar-refractivity contribution in [1.29, 1.82) is 0 Å². The molecule has 1 aromatic heterocycles. The molecule has 2 rings (SSSR count). The third-order valence-electron chi connectivity index (χ3n) is 1.90. The summed E-state index contributed by atoms with van der Waals surface area (Å²) in [4.78, 5) is 0. The van der Waals surface area contributed by atoms with E-state index in [4.69, 9.17) is 0 Å². The van der Waals surface area contributed by atoms with E-state index in [9.17, 15) is 0 Å². The van der Waals surface area contributed by atoms with Crippen LogP contribution in [0.3, 0.4) is 0 Å². The van der Waals surface area contributed by atoms with Crippen molar-refractivity contribution in [2.45, 2.75) is 13.5 Å². The second-order valence-corrected chi connectivity index (χ2v) is 3.91. The topological polar surface area (TPSA) is 17.8 Å². The number of hydrogen-bond donors (Lipinski definition) is 0. The van der Waals surface area contributed by atoms with Crippen molar-refractivity contribution in [3.8, 4) is 0 Å². The molecule has 2 aromatic rings. The highest BCUT2D eigenvalue weighted by Gasteiger charge is 1.99. The minimum Gasteiger partial charge on any atom is -0.265 e. The van der Waals surface area contributed by atoms with Crippen molar-refractivity contribution in [3.63, 3.8) is 0 Å². The Morgan fingerprint density at radius 2 is 2.33 bits per heavy atom. The second kappa shape index (κ2) is 3.05. The predicted octanol–water partition coefficient (Wildman–Crippen LogP) is 2.66. The molecule has 0 amide bonds. The molecule has 2 nitrogen and oxygen atoms in total. The zero-order chi connectivity index (χ0) is 8.55. The van der Waals surface area contributed by atoms with Crippen molar-refractivity contribution in [3.05, 3.63) is 28.0 Å². The lowest BCUT2D eigenvalue weighted by molar-refractivity contribution is 0.684. The van der Waals surface area contributed by atoms with Gasteiger partial charge in [0.05, 0.1) is 11.7 Å². The van der Waals surface area contributed by atoms with Gasteiger partial charge in [-0.1, -0.05) is 0 Å². The zero-order valence-corrected chi connectivity index (χ0v) is 8.95. The number of halogens is 1. The van der Waals surface area contributed by atoms with Gasteiger partial charge in [-0.25, -0.2) is 0 Å². The molecule has 1 heterocycles. The summed E-state index contributed by atoms with van der Waals surface area (Å²) in [5.41, 5.74) is 1.22. The van der Waals surface area contributed by atoms with Gasteiger partial charge >= 0.3 is 0 Å². The summed E-state index contributed by atoms with van der Waals surface area (Å²) in [7, 11) is 0. The molecule has 62 valence electrons. The molecule has 0 spiro atoms. The summed E-state index contributed by atoms with van der Waals surface area (Å²) < 4.78 is 3.27. The fraction of sp³-hybridized carbons (Fsp3) is 0.222. The number of nitrogens with zero attached hydrogens (tertiary/aromatic N) is 2. The summed E-state index contributed by atoms with van der Waals surface area (Å²) in [6, 6.07) is 6.37. The maximum atomic E-state index is 4.27. The SMILES string of the molecule is CCn1ncc2cc(I)ccc21. The van der Waals surface area contributed by atoms with Gasteiger partial charge in [0.25, 0.3) is 0 Å². The second-order valence-electron chi connectivity index (χ2n) is 2.66. The third-order valence-corrected chi connectivity index (χ3v) is 2.57. The van der Waals surface area contributed by atoms with Gasteiger partial charge in [0.1, 0.15) is 0 Å². The van der Waals surface area contributed by atoms with Gasteiger partial charge in [0.2, 0.25) is 0 Å². The molecule has 0 N–H and O–H groups in total. The van der Waals surface area contributed by atoms with Gasteiger partial charge < -0.3 is 0 Å². The average Bonchev–Trinajstić information content (AvgIpc) is 2.46. The van der Waals surface area contributed by atoms with Crippen molar-refractivity contribution < 1.29 is 0 Å². The maximum absolute atomic E-state index is 4.27. The Balaban J connectivity index is 2.73. The molecule has 3 heteroatoms. The molecular weight excluding hydrogens is 263 g/mol. The van der Waals surface area contributed by atoms with E-state index < -0.39 is 0 Å². The first kappa shape index (κ1) is 8.04. The van der Waals surface area contributed by atoms with Crippen LogP contribution in [0, 0.1) is 3.57 Å². The van der Waals surface area contributed by atoms with E-state index in [1.807, 2.05) is 10.9 Å². The van der Waals surface area contributed by atoms with Crippen LogP contribution in [0.5, 0.6) is 0 Å². The Hall–Kier alpha value is -0.580. The van der Waals surface area contributed by atoms with Crippen molar-refractivity contribution >= 4 is 33.5 Å². The maximum Gasteiger partial charge on any atom is 0.0682 e. The van der Waals surface area contributed by atoms with Crippen LogP contribution in [-0.2, 0) is 6.54 Å². The highest BCUT2D eigenvalue weighted by molar-refractivity contribution is 14.1. The largest absolute Gasteiger partial charge is 0.265 e. The number of hydrogen-bond acceptors (Lipinski definition) is 1. The summed E-state index contributed by atoms with van der Waals surface area (Å²) in [5.74, 6) is 0. The smallest absolute Gasteiger partial charge is 0.0682 e. The minimum atomic E-state index is 0.935. The Morgan fingerprint density at radius 3 is 3.08 bits per heavy atom. The van der Waals surface area contributed by atoms with Gasteiger partial charge in [0.15, 0.2) is 0 Å². The van der Waals surface area contributed by atoms with Crippen LogP contribution in [0.15, 0.2) is 24.4 Å². The number of aryl methyl sites for hydroxylation is 1. The standard InChI is InChI=1S/C9H9IN2/c1-2-12-9-4-3-8(10)5-7(9)6-11-12/h3-6H,2H2,1H3. The Labute approximate surface area is 84.7 Å². The molecule has 0 saturated heterocycles. The molecule has 0 fully saturated rings. The van der Waals surface area contributed by atoms with E-state index in [-0.39, 0.29) is 0 Å². The number of aromatic nitrogens is 2. The van der Waals surface area contributed by atoms with E-state index in [1.165, 1.54) is 14.5 Å². The first-order valence-electron chi connectivity index (χ1n) is 3.92. The number of fused-ring (bicyclic) bond motifs is 1. The summed E-state index contributed by atoms with van der Waals surface area (Å²) >= 11 is 2.31. The predicted molar refractivity (Wildman–Crippen MR) is 58.1 cm³/mol. The molecule has 12 heavy (non-hydrogen) atoms. The summed E-state index contributed by atoms with van der Waals surface area (Å²) in [6.07, 6.45) is 1.92. The first-order chi connectivity index (χ1) is 5.81. The molecule has 0 saturated carbocycles. The molecule has 0 radical (unpaired) electrons. The van der Waals surface area contributed by atoms with Crippen molar-refractivity contribution in [2.75, 3.05) is 0 Å². The highest BCUT2D eigenvalue weighted by atomic mass is 127. The molecule has 1 aromatic carbocycles. The van der Waals surface area contributed by atoms with E-state index >= 15 is 0 Å². The van der Waals surface area contributed by atoms with Crippen LogP contribution in [0.2, 0.25) is 0 Å². The first-order valence-corrected chi connectivity index (χ1v) is 5.00.